The number of nitrogens with one attached hydrogen (secondary N) is 1. The lowest BCUT2D eigenvalue weighted by molar-refractivity contribution is 0.0880. The zero-order valence-corrected chi connectivity index (χ0v) is 13.7. The largest absolute Gasteiger partial charge is 0.288 e. The van der Waals surface area contributed by atoms with Crippen LogP contribution in [-0.2, 0) is 12.8 Å². The van der Waals surface area contributed by atoms with Gasteiger partial charge in [-0.1, -0.05) is 66.7 Å². The van der Waals surface area contributed by atoms with Gasteiger partial charge in [0.05, 0.1) is 11.1 Å². The molecule has 0 saturated carbocycles. The molecular weight excluding hydrogens is 310 g/mol. The van der Waals surface area contributed by atoms with Gasteiger partial charge in [-0.3, -0.25) is 14.9 Å². The lowest BCUT2D eigenvalue weighted by Gasteiger charge is -2.13. The molecule has 2 amide bonds. The first-order chi connectivity index (χ1) is 12.2. The summed E-state index contributed by atoms with van der Waals surface area (Å²) in [7, 11) is 0. The quantitative estimate of drug-likeness (QED) is 0.736. The predicted molar refractivity (Wildman–Crippen MR) is 97.5 cm³/mol. The number of imide groups is 1. The Balaban J connectivity index is 1.80. The Morgan fingerprint density at radius 2 is 1.32 bits per heavy atom. The van der Waals surface area contributed by atoms with Crippen molar-refractivity contribution in [3.8, 4) is 11.1 Å². The van der Waals surface area contributed by atoms with Crippen LogP contribution >= 0.6 is 0 Å². The van der Waals surface area contributed by atoms with Gasteiger partial charge in [-0.2, -0.15) is 0 Å². The molecule has 0 bridgehead atoms. The first kappa shape index (κ1) is 15.3. The number of carbonyl (C=O) groups excluding carboxylic acids is 2. The minimum absolute atomic E-state index is 0.305. The topological polar surface area (TPSA) is 46.2 Å². The van der Waals surface area contributed by atoms with Crippen LogP contribution in [0.4, 0.5) is 0 Å². The van der Waals surface area contributed by atoms with E-state index in [1.807, 2.05) is 54.6 Å². The van der Waals surface area contributed by atoms with Gasteiger partial charge < -0.3 is 0 Å². The van der Waals surface area contributed by atoms with E-state index in [1.54, 1.807) is 6.07 Å². The minimum Gasteiger partial charge on any atom is -0.288 e. The fraction of sp³-hybridized carbons (Fsp3) is 0.0909. The molecule has 3 aromatic rings. The summed E-state index contributed by atoms with van der Waals surface area (Å²) in [5.41, 5.74) is 5.14. The number of fused-ring (bicyclic) bond motifs is 1. The molecule has 0 spiro atoms. The number of hydrogen-bond acceptors (Lipinski definition) is 2. The maximum atomic E-state index is 12.4. The van der Waals surface area contributed by atoms with E-state index >= 15 is 0 Å². The summed E-state index contributed by atoms with van der Waals surface area (Å²) in [5.74, 6) is -0.618. The lowest BCUT2D eigenvalue weighted by Crippen LogP contribution is -2.20. The van der Waals surface area contributed by atoms with Gasteiger partial charge in [0.25, 0.3) is 11.8 Å². The van der Waals surface area contributed by atoms with E-state index in [0.717, 1.165) is 29.5 Å². The van der Waals surface area contributed by atoms with Crippen LogP contribution < -0.4 is 5.32 Å². The highest BCUT2D eigenvalue weighted by molar-refractivity contribution is 6.24. The molecule has 0 aliphatic carbocycles. The molecule has 4 rings (SSSR count). The molecule has 3 nitrogen and oxygen atoms in total. The number of rotatable bonds is 4. The highest BCUT2D eigenvalue weighted by atomic mass is 16.2. The lowest BCUT2D eigenvalue weighted by atomic mass is 9.89. The molecule has 3 heteroatoms. The number of benzene rings is 3. The van der Waals surface area contributed by atoms with Gasteiger partial charge >= 0.3 is 0 Å². The summed E-state index contributed by atoms with van der Waals surface area (Å²) in [6.45, 7) is 0. The van der Waals surface area contributed by atoms with Crippen LogP contribution in [0.5, 0.6) is 0 Å². The van der Waals surface area contributed by atoms with Crippen molar-refractivity contribution in [2.75, 3.05) is 0 Å². The number of carbonyl (C=O) groups is 2. The van der Waals surface area contributed by atoms with Crippen LogP contribution in [0, 0.1) is 0 Å². The smallest absolute Gasteiger partial charge is 0.259 e. The summed E-state index contributed by atoms with van der Waals surface area (Å²) in [6, 6.07) is 23.8. The molecule has 1 aliphatic rings. The van der Waals surface area contributed by atoms with Crippen molar-refractivity contribution in [1.29, 1.82) is 0 Å². The molecule has 3 aromatic carbocycles. The molecule has 0 unspecified atom stereocenters. The average molecular weight is 327 g/mol. The van der Waals surface area contributed by atoms with Crippen LogP contribution in [0.15, 0.2) is 72.8 Å². The molecule has 1 heterocycles. The molecule has 1 N–H and O–H groups in total. The van der Waals surface area contributed by atoms with Crippen molar-refractivity contribution in [3.63, 3.8) is 0 Å². The van der Waals surface area contributed by atoms with Gasteiger partial charge in [0, 0.05) is 0 Å². The van der Waals surface area contributed by atoms with E-state index in [1.165, 1.54) is 5.56 Å². The highest BCUT2D eigenvalue weighted by Crippen LogP contribution is 2.33. The Morgan fingerprint density at radius 1 is 0.640 bits per heavy atom. The van der Waals surface area contributed by atoms with E-state index in [0.29, 0.717) is 11.1 Å². The molecular formula is C22H17NO2. The average Bonchev–Trinajstić information content (AvgIpc) is 2.95. The highest BCUT2D eigenvalue weighted by Gasteiger charge is 2.31. The summed E-state index contributed by atoms with van der Waals surface area (Å²) in [4.78, 5) is 24.4. The predicted octanol–water partition coefficient (Wildman–Crippen LogP) is 4.02. The minimum atomic E-state index is -0.313. The van der Waals surface area contributed by atoms with Crippen molar-refractivity contribution in [3.05, 3.63) is 95.1 Å². The van der Waals surface area contributed by atoms with Crippen molar-refractivity contribution >= 4 is 11.8 Å². The number of hydrogen-bond donors (Lipinski definition) is 1. The van der Waals surface area contributed by atoms with Crippen molar-refractivity contribution in [1.82, 2.24) is 5.32 Å². The Kier molecular flexibility index (Phi) is 3.90. The van der Waals surface area contributed by atoms with Gasteiger partial charge in [0.1, 0.15) is 0 Å². The van der Waals surface area contributed by atoms with Crippen LogP contribution in [-0.4, -0.2) is 11.8 Å². The molecule has 0 aromatic heterocycles. The molecule has 0 atom stereocenters. The normalized spacial score (nSPS) is 12.8. The Hall–Kier alpha value is -3.20. The first-order valence-corrected chi connectivity index (χ1v) is 8.35. The Bertz CT molecular complexity index is 947. The Labute approximate surface area is 146 Å². The van der Waals surface area contributed by atoms with Crippen LogP contribution in [0.25, 0.3) is 11.1 Å². The van der Waals surface area contributed by atoms with Crippen molar-refractivity contribution in [2.24, 2.45) is 0 Å². The number of aryl methyl sites for hydroxylation is 2. The molecule has 25 heavy (non-hydrogen) atoms. The summed E-state index contributed by atoms with van der Waals surface area (Å²) < 4.78 is 0. The molecule has 0 radical (unpaired) electrons. The van der Waals surface area contributed by atoms with E-state index in [9.17, 15) is 9.59 Å². The van der Waals surface area contributed by atoms with Crippen molar-refractivity contribution < 1.29 is 9.59 Å². The fourth-order valence-corrected chi connectivity index (χ4v) is 3.37. The maximum absolute atomic E-state index is 12.4. The van der Waals surface area contributed by atoms with Crippen molar-refractivity contribution in [2.45, 2.75) is 12.8 Å². The first-order valence-electron chi connectivity index (χ1n) is 8.35. The summed E-state index contributed by atoms with van der Waals surface area (Å²) >= 11 is 0. The zero-order chi connectivity index (χ0) is 17.2. The van der Waals surface area contributed by atoms with Gasteiger partial charge in [-0.15, -0.1) is 0 Å². The van der Waals surface area contributed by atoms with E-state index in [-0.39, 0.29) is 11.8 Å². The maximum Gasteiger partial charge on any atom is 0.259 e. The van der Waals surface area contributed by atoms with E-state index < -0.39 is 0 Å². The van der Waals surface area contributed by atoms with Gasteiger partial charge in [0.15, 0.2) is 0 Å². The van der Waals surface area contributed by atoms with Gasteiger partial charge in [-0.25, -0.2) is 0 Å². The Morgan fingerprint density at radius 3 is 2.04 bits per heavy atom. The third-order valence-corrected chi connectivity index (χ3v) is 4.58. The molecule has 122 valence electrons. The van der Waals surface area contributed by atoms with E-state index in [2.05, 4.69) is 17.4 Å². The second-order valence-electron chi connectivity index (χ2n) is 6.16. The standard InChI is InChI=1S/C22H17NO2/c24-21-18-14-13-17(12-11-15-7-3-1-4-8-15)19(20(18)22(25)23-21)16-9-5-2-6-10-16/h1-10,13-14H,11-12H2,(H,23,24,25). The van der Waals surface area contributed by atoms with Crippen LogP contribution in [0.2, 0.25) is 0 Å². The monoisotopic (exact) mass is 327 g/mol. The molecule has 0 fully saturated rings. The fourth-order valence-electron chi connectivity index (χ4n) is 3.37. The summed E-state index contributed by atoms with van der Waals surface area (Å²) in [6.07, 6.45) is 1.69. The molecule has 1 aliphatic heterocycles. The molecule has 0 saturated heterocycles. The second kappa shape index (κ2) is 6.36. The van der Waals surface area contributed by atoms with E-state index in [4.69, 9.17) is 0 Å². The van der Waals surface area contributed by atoms with Crippen LogP contribution in [0.1, 0.15) is 31.8 Å². The summed E-state index contributed by atoms with van der Waals surface area (Å²) in [5, 5.41) is 2.42. The SMILES string of the molecule is O=C1NC(=O)c2c1ccc(CCc1ccccc1)c2-c1ccccc1. The second-order valence-corrected chi connectivity index (χ2v) is 6.16. The van der Waals surface area contributed by atoms with Gasteiger partial charge in [0.2, 0.25) is 0 Å². The van der Waals surface area contributed by atoms with Gasteiger partial charge in [-0.05, 0) is 41.2 Å². The third-order valence-electron chi connectivity index (χ3n) is 4.58. The zero-order valence-electron chi connectivity index (χ0n) is 13.7. The van der Waals surface area contributed by atoms with Crippen LogP contribution in [0.3, 0.4) is 0 Å². The number of amides is 2. The third kappa shape index (κ3) is 2.85.